The number of H-pyrrole nitrogens is 1. The predicted molar refractivity (Wildman–Crippen MR) is 98.4 cm³/mol. The van der Waals surface area contributed by atoms with Crippen molar-refractivity contribution >= 4 is 20.2 Å². The molecule has 27 heavy (non-hydrogen) atoms. The van der Waals surface area contributed by atoms with E-state index in [2.05, 4.69) is 15.4 Å². The van der Waals surface area contributed by atoms with Gasteiger partial charge < -0.3 is 0 Å². The highest BCUT2D eigenvalue weighted by Crippen LogP contribution is 2.09. The molecule has 1 aromatic heterocycles. The van der Waals surface area contributed by atoms with Gasteiger partial charge in [-0.2, -0.15) is 32.2 Å². The third-order valence-electron chi connectivity index (χ3n) is 2.97. The Hall–Kier alpha value is -2.60. The summed E-state index contributed by atoms with van der Waals surface area (Å²) in [6.07, 6.45) is 3.17. The number of aromatic nitrogens is 3. The molecule has 0 aliphatic carbocycles. The molecule has 0 unspecified atom stereocenters. The highest BCUT2D eigenvalue weighted by molar-refractivity contribution is 7.86. The minimum absolute atomic E-state index is 0.0666. The van der Waals surface area contributed by atoms with E-state index in [1.54, 1.807) is 36.7 Å². The molecule has 0 aliphatic heterocycles. The lowest BCUT2D eigenvalue weighted by Crippen LogP contribution is -1.96. The Bertz CT molecular complexity index is 924. The van der Waals surface area contributed by atoms with Crippen molar-refractivity contribution in [3.8, 4) is 0 Å². The zero-order valence-corrected chi connectivity index (χ0v) is 16.1. The van der Waals surface area contributed by atoms with Crippen LogP contribution < -0.4 is 0 Å². The molecule has 0 fully saturated rings. The lowest BCUT2D eigenvalue weighted by atomic mass is 10.2. The van der Waals surface area contributed by atoms with Crippen molar-refractivity contribution in [2.75, 3.05) is 0 Å². The maximum Gasteiger partial charge on any atom is 0.294 e. The number of aryl methyl sites for hydroxylation is 2. The van der Waals surface area contributed by atoms with Gasteiger partial charge >= 0.3 is 0 Å². The van der Waals surface area contributed by atoms with E-state index in [4.69, 9.17) is 9.11 Å². The van der Waals surface area contributed by atoms with Crippen molar-refractivity contribution in [2.45, 2.75) is 23.6 Å². The lowest BCUT2D eigenvalue weighted by Gasteiger charge is -1.95. The highest BCUT2D eigenvalue weighted by Gasteiger charge is 2.07. The summed E-state index contributed by atoms with van der Waals surface area (Å²) in [5.41, 5.74) is 1.91. The largest absolute Gasteiger partial charge is 0.294 e. The molecule has 11 heteroatoms. The second kappa shape index (κ2) is 9.92. The molecule has 0 saturated heterocycles. The molecule has 3 N–H and O–H groups in total. The van der Waals surface area contributed by atoms with E-state index in [0.717, 1.165) is 11.1 Å². The molecule has 9 nitrogen and oxygen atoms in total. The molecule has 0 saturated carbocycles. The van der Waals surface area contributed by atoms with E-state index in [9.17, 15) is 16.8 Å². The molecule has 0 spiro atoms. The monoisotopic (exact) mass is 413 g/mol. The molecule has 146 valence electrons. The molecule has 2 aromatic carbocycles. The van der Waals surface area contributed by atoms with Crippen LogP contribution in [0.4, 0.5) is 0 Å². The zero-order valence-electron chi connectivity index (χ0n) is 14.5. The van der Waals surface area contributed by atoms with Crippen LogP contribution >= 0.6 is 0 Å². The van der Waals surface area contributed by atoms with Gasteiger partial charge in [-0.15, -0.1) is 0 Å². The van der Waals surface area contributed by atoms with Gasteiger partial charge in [0.2, 0.25) is 0 Å². The summed E-state index contributed by atoms with van der Waals surface area (Å²) in [6, 6.07) is 12.0. The third kappa shape index (κ3) is 9.06. The minimum Gasteiger partial charge on any atom is -0.282 e. The van der Waals surface area contributed by atoms with Crippen molar-refractivity contribution in [2.24, 2.45) is 0 Å². The van der Waals surface area contributed by atoms with Crippen LogP contribution in [-0.2, 0) is 20.2 Å². The Morgan fingerprint density at radius 3 is 1.15 bits per heavy atom. The third-order valence-corrected chi connectivity index (χ3v) is 4.70. The summed E-state index contributed by atoms with van der Waals surface area (Å²) in [7, 11) is -8.04. The molecular formula is C16H19N3O6S2. The van der Waals surface area contributed by atoms with E-state index < -0.39 is 20.2 Å². The van der Waals surface area contributed by atoms with Gasteiger partial charge in [0.15, 0.2) is 0 Å². The van der Waals surface area contributed by atoms with E-state index in [0.29, 0.717) is 0 Å². The Labute approximate surface area is 157 Å². The summed E-state index contributed by atoms with van der Waals surface area (Å²) in [6.45, 7) is 3.68. The average molecular weight is 413 g/mol. The fourth-order valence-electron chi connectivity index (χ4n) is 1.59. The maximum atomic E-state index is 10.5. The minimum atomic E-state index is -4.02. The fraction of sp³-hybridized carbons (Fsp3) is 0.125. The molecule has 3 rings (SSSR count). The number of rotatable bonds is 2. The van der Waals surface area contributed by atoms with E-state index in [1.165, 1.54) is 24.3 Å². The first-order chi connectivity index (χ1) is 12.5. The van der Waals surface area contributed by atoms with Crippen molar-refractivity contribution in [1.29, 1.82) is 0 Å². The molecule has 0 aliphatic rings. The standard InChI is InChI=1S/2C7H8O3S.C2H3N3/c2*1-6-2-4-7(5-3-6)11(8,9)10;1-2-4-5-3-1/h2*2-5H,1H3,(H,8,9,10);1-2H,(H,3,4,5). The quantitative estimate of drug-likeness (QED) is 0.541. The first-order valence-electron chi connectivity index (χ1n) is 7.38. The van der Waals surface area contributed by atoms with Crippen molar-refractivity contribution < 1.29 is 25.9 Å². The van der Waals surface area contributed by atoms with Crippen LogP contribution in [0.2, 0.25) is 0 Å². The number of hydrogen-bond acceptors (Lipinski definition) is 6. The molecule has 0 radical (unpaired) electrons. The number of aromatic amines is 1. The summed E-state index contributed by atoms with van der Waals surface area (Å²) in [5.74, 6) is 0. The van der Waals surface area contributed by atoms with Crippen LogP contribution in [0.1, 0.15) is 11.1 Å². The van der Waals surface area contributed by atoms with E-state index in [1.807, 2.05) is 13.8 Å². The van der Waals surface area contributed by atoms with Crippen molar-refractivity contribution in [1.82, 2.24) is 15.4 Å². The second-order valence-electron chi connectivity index (χ2n) is 5.23. The SMILES string of the molecule is Cc1ccc(S(=O)(=O)O)cc1.Cc1ccc(S(=O)(=O)O)cc1.c1cn[nH]n1. The van der Waals surface area contributed by atoms with Crippen LogP contribution in [0.5, 0.6) is 0 Å². The number of benzene rings is 2. The van der Waals surface area contributed by atoms with Gasteiger partial charge in [-0.3, -0.25) is 9.11 Å². The first-order valence-corrected chi connectivity index (χ1v) is 10.3. The van der Waals surface area contributed by atoms with Gasteiger partial charge in [0.05, 0.1) is 22.2 Å². The highest BCUT2D eigenvalue weighted by atomic mass is 32.2. The summed E-state index contributed by atoms with van der Waals surface area (Å²) < 4.78 is 59.1. The number of hydrogen-bond donors (Lipinski definition) is 3. The molecule has 3 aromatic rings. The Balaban J connectivity index is 0.000000216. The summed E-state index contributed by atoms with van der Waals surface area (Å²) >= 11 is 0. The van der Waals surface area contributed by atoms with Gasteiger partial charge in [0, 0.05) is 0 Å². The van der Waals surface area contributed by atoms with E-state index >= 15 is 0 Å². The lowest BCUT2D eigenvalue weighted by molar-refractivity contribution is 0.481. The number of nitrogens with zero attached hydrogens (tertiary/aromatic N) is 2. The Morgan fingerprint density at radius 2 is 0.963 bits per heavy atom. The van der Waals surface area contributed by atoms with Crippen LogP contribution in [0.25, 0.3) is 0 Å². The molecule has 0 atom stereocenters. The molecule has 1 heterocycles. The normalized spacial score (nSPS) is 10.8. The van der Waals surface area contributed by atoms with Gasteiger partial charge in [0.25, 0.3) is 20.2 Å². The van der Waals surface area contributed by atoms with Crippen LogP contribution in [0.3, 0.4) is 0 Å². The average Bonchev–Trinajstić information content (AvgIpc) is 3.14. The molecular weight excluding hydrogens is 394 g/mol. The van der Waals surface area contributed by atoms with Crippen molar-refractivity contribution in [3.63, 3.8) is 0 Å². The summed E-state index contributed by atoms with van der Waals surface area (Å²) in [4.78, 5) is -0.133. The van der Waals surface area contributed by atoms with Crippen LogP contribution in [0.15, 0.2) is 70.7 Å². The zero-order chi connectivity index (χ0) is 20.5. The van der Waals surface area contributed by atoms with Gasteiger partial charge in [-0.05, 0) is 38.1 Å². The van der Waals surface area contributed by atoms with E-state index in [-0.39, 0.29) is 9.79 Å². The second-order valence-corrected chi connectivity index (χ2v) is 8.08. The van der Waals surface area contributed by atoms with Gasteiger partial charge in [-0.25, -0.2) is 0 Å². The first kappa shape index (κ1) is 22.4. The fourth-order valence-corrected chi connectivity index (χ4v) is 2.55. The van der Waals surface area contributed by atoms with Crippen LogP contribution in [0, 0.1) is 13.8 Å². The molecule has 0 bridgehead atoms. The number of nitrogens with one attached hydrogen (secondary N) is 1. The predicted octanol–water partition coefficient (Wildman–Crippen LogP) is 2.29. The summed E-state index contributed by atoms with van der Waals surface area (Å²) in [5, 5.41) is 9.33. The van der Waals surface area contributed by atoms with Crippen molar-refractivity contribution in [3.05, 3.63) is 72.1 Å². The van der Waals surface area contributed by atoms with Gasteiger partial charge in [-0.1, -0.05) is 35.4 Å². The Morgan fingerprint density at radius 1 is 0.667 bits per heavy atom. The molecule has 0 amide bonds. The smallest absolute Gasteiger partial charge is 0.282 e. The maximum absolute atomic E-state index is 10.5. The van der Waals surface area contributed by atoms with Gasteiger partial charge in [0.1, 0.15) is 0 Å². The Kier molecular flexibility index (Phi) is 8.25. The topological polar surface area (TPSA) is 150 Å². The van der Waals surface area contributed by atoms with Crippen LogP contribution in [-0.4, -0.2) is 41.4 Å².